The minimum atomic E-state index is 0.0714. The van der Waals surface area contributed by atoms with E-state index >= 15 is 0 Å². The number of benzene rings is 1. The van der Waals surface area contributed by atoms with Crippen LogP contribution in [0, 0.1) is 11.3 Å². The van der Waals surface area contributed by atoms with Gasteiger partial charge in [0.25, 0.3) is 0 Å². The molecule has 1 aromatic carbocycles. The smallest absolute Gasteiger partial charge is 0.0657 e. The summed E-state index contributed by atoms with van der Waals surface area (Å²) in [4.78, 5) is 0. The molecule has 0 saturated carbocycles. The molecule has 1 heterocycles. The minimum absolute atomic E-state index is 0.0714. The van der Waals surface area contributed by atoms with E-state index in [0.717, 1.165) is 26.1 Å². The van der Waals surface area contributed by atoms with Crippen molar-refractivity contribution in [3.8, 4) is 0 Å². The Bertz CT molecular complexity index is 444. The number of rotatable bonds is 7. The summed E-state index contributed by atoms with van der Waals surface area (Å²) in [5.74, 6) is 0.709. The lowest BCUT2D eigenvalue weighted by Crippen LogP contribution is -2.46. The normalized spacial score (nSPS) is 29.0. The highest BCUT2D eigenvalue weighted by Crippen LogP contribution is 2.47. The molecule has 1 aliphatic heterocycles. The fourth-order valence-electron chi connectivity index (χ4n) is 3.77. The molecule has 1 N–H and O–H groups in total. The Balaban J connectivity index is 1.89. The maximum absolute atomic E-state index is 6.08. The van der Waals surface area contributed by atoms with Gasteiger partial charge in [-0.25, -0.2) is 0 Å². The Morgan fingerprint density at radius 3 is 2.59 bits per heavy atom. The van der Waals surface area contributed by atoms with E-state index in [9.17, 15) is 0 Å². The van der Waals surface area contributed by atoms with Gasteiger partial charge in [0.1, 0.15) is 0 Å². The molecule has 22 heavy (non-hydrogen) atoms. The van der Waals surface area contributed by atoms with Gasteiger partial charge >= 0.3 is 0 Å². The van der Waals surface area contributed by atoms with E-state index in [1.807, 2.05) is 0 Å². The van der Waals surface area contributed by atoms with Crippen LogP contribution in [-0.2, 0) is 11.3 Å². The predicted octanol–water partition coefficient (Wildman–Crippen LogP) is 4.79. The topological polar surface area (TPSA) is 21.3 Å². The van der Waals surface area contributed by atoms with Crippen molar-refractivity contribution < 1.29 is 4.74 Å². The lowest BCUT2D eigenvalue weighted by atomic mass is 9.64. The van der Waals surface area contributed by atoms with Crippen molar-refractivity contribution in [2.45, 2.75) is 65.5 Å². The van der Waals surface area contributed by atoms with E-state index in [1.165, 1.54) is 24.8 Å². The van der Waals surface area contributed by atoms with Gasteiger partial charge in [-0.15, -0.1) is 0 Å². The molecule has 0 spiro atoms. The molecule has 0 amide bonds. The highest BCUT2D eigenvalue weighted by molar-refractivity contribution is 5.14. The fraction of sp³-hybridized carbons (Fsp3) is 0.700. The SMILES string of the molecule is CCC1(C)CC(CCNCc2ccccc2)(C(C)C)CCO1. The standard InChI is InChI=1S/C20H33NO/c1-5-19(4)16-20(17(2)3,12-14-22-19)11-13-21-15-18-9-7-6-8-10-18/h6-10,17,21H,5,11-16H2,1-4H3. The van der Waals surface area contributed by atoms with E-state index < -0.39 is 0 Å². The number of hydrogen-bond donors (Lipinski definition) is 1. The second-order valence-electron chi connectivity index (χ2n) is 7.51. The molecule has 1 aliphatic rings. The van der Waals surface area contributed by atoms with Crippen LogP contribution in [0.2, 0.25) is 0 Å². The van der Waals surface area contributed by atoms with Crippen LogP contribution >= 0.6 is 0 Å². The van der Waals surface area contributed by atoms with Gasteiger partial charge in [-0.3, -0.25) is 0 Å². The zero-order valence-corrected chi connectivity index (χ0v) is 14.8. The molecule has 1 saturated heterocycles. The van der Waals surface area contributed by atoms with Crippen LogP contribution in [0.5, 0.6) is 0 Å². The van der Waals surface area contributed by atoms with Crippen LogP contribution < -0.4 is 5.32 Å². The Morgan fingerprint density at radius 1 is 1.23 bits per heavy atom. The molecule has 0 aromatic heterocycles. The summed E-state index contributed by atoms with van der Waals surface area (Å²) in [5, 5.41) is 3.63. The van der Waals surface area contributed by atoms with Gasteiger partial charge in [0, 0.05) is 13.2 Å². The second-order valence-corrected chi connectivity index (χ2v) is 7.51. The zero-order chi connectivity index (χ0) is 16.1. The van der Waals surface area contributed by atoms with Crippen LogP contribution in [0.1, 0.15) is 58.9 Å². The lowest BCUT2D eigenvalue weighted by molar-refractivity contribution is -0.132. The third-order valence-electron chi connectivity index (χ3n) is 5.72. The van der Waals surface area contributed by atoms with E-state index in [1.54, 1.807) is 0 Å². The van der Waals surface area contributed by atoms with Crippen molar-refractivity contribution in [1.29, 1.82) is 0 Å². The number of nitrogens with one attached hydrogen (secondary N) is 1. The quantitative estimate of drug-likeness (QED) is 0.731. The van der Waals surface area contributed by atoms with Crippen molar-refractivity contribution >= 4 is 0 Å². The molecular formula is C20H33NO. The van der Waals surface area contributed by atoms with E-state index in [0.29, 0.717) is 11.3 Å². The molecule has 2 nitrogen and oxygen atoms in total. The van der Waals surface area contributed by atoms with Gasteiger partial charge in [0.15, 0.2) is 0 Å². The maximum Gasteiger partial charge on any atom is 0.0657 e. The Morgan fingerprint density at radius 2 is 1.95 bits per heavy atom. The summed E-state index contributed by atoms with van der Waals surface area (Å²) < 4.78 is 6.08. The van der Waals surface area contributed by atoms with Crippen LogP contribution in [0.3, 0.4) is 0 Å². The summed E-state index contributed by atoms with van der Waals surface area (Å²) in [6.45, 7) is 12.3. The van der Waals surface area contributed by atoms with Crippen molar-refractivity contribution in [1.82, 2.24) is 5.32 Å². The molecule has 2 heteroatoms. The summed E-state index contributed by atoms with van der Waals surface area (Å²) in [7, 11) is 0. The molecule has 2 unspecified atom stereocenters. The predicted molar refractivity (Wildman–Crippen MR) is 93.9 cm³/mol. The van der Waals surface area contributed by atoms with Gasteiger partial charge in [-0.1, -0.05) is 51.1 Å². The van der Waals surface area contributed by atoms with E-state index in [-0.39, 0.29) is 5.60 Å². The molecule has 1 fully saturated rings. The summed E-state index contributed by atoms with van der Waals surface area (Å²) >= 11 is 0. The van der Waals surface area contributed by atoms with Crippen LogP contribution in [-0.4, -0.2) is 18.8 Å². The van der Waals surface area contributed by atoms with Crippen molar-refractivity contribution in [3.05, 3.63) is 35.9 Å². The van der Waals surface area contributed by atoms with Gasteiger partial charge in [0.05, 0.1) is 5.60 Å². The monoisotopic (exact) mass is 303 g/mol. The molecule has 2 rings (SSSR count). The first-order valence-corrected chi connectivity index (χ1v) is 8.88. The zero-order valence-electron chi connectivity index (χ0n) is 14.8. The molecule has 124 valence electrons. The molecule has 1 aromatic rings. The number of ether oxygens (including phenoxy) is 1. The van der Waals surface area contributed by atoms with Crippen LogP contribution in [0.4, 0.5) is 0 Å². The summed E-state index contributed by atoms with van der Waals surface area (Å²) in [5.41, 5.74) is 1.86. The summed E-state index contributed by atoms with van der Waals surface area (Å²) in [6, 6.07) is 10.7. The Hall–Kier alpha value is -0.860. The van der Waals surface area contributed by atoms with Crippen molar-refractivity contribution in [2.75, 3.05) is 13.2 Å². The molecular weight excluding hydrogens is 270 g/mol. The van der Waals surface area contributed by atoms with Gasteiger partial charge in [0.2, 0.25) is 0 Å². The average Bonchev–Trinajstić information content (AvgIpc) is 2.52. The molecule has 0 bridgehead atoms. The fourth-order valence-corrected chi connectivity index (χ4v) is 3.77. The Kier molecular flexibility index (Phi) is 6.05. The van der Waals surface area contributed by atoms with E-state index in [4.69, 9.17) is 4.74 Å². The van der Waals surface area contributed by atoms with Gasteiger partial charge in [-0.05, 0) is 56.0 Å². The van der Waals surface area contributed by atoms with Crippen LogP contribution in [0.15, 0.2) is 30.3 Å². The lowest BCUT2D eigenvalue weighted by Gasteiger charge is -2.49. The van der Waals surface area contributed by atoms with Gasteiger partial charge in [-0.2, -0.15) is 0 Å². The largest absolute Gasteiger partial charge is 0.375 e. The van der Waals surface area contributed by atoms with Crippen molar-refractivity contribution in [3.63, 3.8) is 0 Å². The third kappa shape index (κ3) is 4.33. The summed E-state index contributed by atoms with van der Waals surface area (Å²) in [6.07, 6.45) is 4.75. The first-order valence-electron chi connectivity index (χ1n) is 8.88. The average molecular weight is 303 g/mol. The van der Waals surface area contributed by atoms with Crippen LogP contribution in [0.25, 0.3) is 0 Å². The third-order valence-corrected chi connectivity index (χ3v) is 5.72. The maximum atomic E-state index is 6.08. The first kappa shape index (κ1) is 17.5. The Labute approximate surface area is 136 Å². The highest BCUT2D eigenvalue weighted by atomic mass is 16.5. The first-order chi connectivity index (χ1) is 10.5. The van der Waals surface area contributed by atoms with E-state index in [2.05, 4.69) is 63.3 Å². The number of hydrogen-bond acceptors (Lipinski definition) is 2. The molecule has 2 atom stereocenters. The second kappa shape index (κ2) is 7.61. The van der Waals surface area contributed by atoms with Crippen molar-refractivity contribution in [2.24, 2.45) is 11.3 Å². The highest BCUT2D eigenvalue weighted by Gasteiger charge is 2.43. The minimum Gasteiger partial charge on any atom is -0.375 e. The van der Waals surface area contributed by atoms with Gasteiger partial charge < -0.3 is 10.1 Å². The molecule has 0 radical (unpaired) electrons. The molecule has 0 aliphatic carbocycles.